The molecule has 0 spiro atoms. The van der Waals surface area contributed by atoms with Crippen LogP contribution in [0.2, 0.25) is 10.0 Å². The fourth-order valence-electron chi connectivity index (χ4n) is 2.88. The summed E-state index contributed by atoms with van der Waals surface area (Å²) in [5.41, 5.74) is 2.34. The van der Waals surface area contributed by atoms with Gasteiger partial charge in [0, 0.05) is 28.2 Å². The first-order valence-corrected chi connectivity index (χ1v) is 10.5. The summed E-state index contributed by atoms with van der Waals surface area (Å²) in [4.78, 5) is 25.4. The maximum atomic E-state index is 12.2. The van der Waals surface area contributed by atoms with Gasteiger partial charge in [0.2, 0.25) is 0 Å². The van der Waals surface area contributed by atoms with Gasteiger partial charge >= 0.3 is 0 Å². The van der Waals surface area contributed by atoms with Crippen molar-refractivity contribution in [1.82, 2.24) is 4.90 Å². The zero-order chi connectivity index (χ0) is 21.8. The third-order valence-corrected chi connectivity index (χ3v) is 5.96. The van der Waals surface area contributed by atoms with Crippen LogP contribution in [0.4, 0.5) is 4.79 Å². The smallest absolute Gasteiger partial charge is 0.293 e. The Morgan fingerprint density at radius 3 is 2.53 bits per heavy atom. The lowest BCUT2D eigenvalue weighted by molar-refractivity contribution is -0.121. The van der Waals surface area contributed by atoms with Gasteiger partial charge in [-0.25, -0.2) is 0 Å². The van der Waals surface area contributed by atoms with Gasteiger partial charge < -0.3 is 9.47 Å². The summed E-state index contributed by atoms with van der Waals surface area (Å²) in [5.74, 6) is 0.734. The lowest BCUT2D eigenvalue weighted by Gasteiger charge is -2.16. The van der Waals surface area contributed by atoms with Crippen molar-refractivity contribution in [3.63, 3.8) is 0 Å². The average Bonchev–Trinajstić information content (AvgIpc) is 2.95. The number of allylic oxidation sites excluding steroid dienone is 1. The highest BCUT2D eigenvalue weighted by Gasteiger charge is 2.31. The standard InChI is InChI=1S/C22H19Cl2NO4S/c1-4-5-14-8-13(10-19-21(26)25(2)22(27)30-19)9-18(28-3)20(14)29-12-15-6-7-16(23)11-17(15)24/h4,6-11H,1,5,12H2,2-3H3/b19-10-. The van der Waals surface area contributed by atoms with E-state index in [1.54, 1.807) is 43.5 Å². The molecule has 3 rings (SSSR count). The number of hydrogen-bond donors (Lipinski definition) is 0. The molecule has 0 atom stereocenters. The predicted octanol–water partition coefficient (Wildman–Crippen LogP) is 5.98. The maximum Gasteiger partial charge on any atom is 0.293 e. The predicted molar refractivity (Wildman–Crippen MR) is 121 cm³/mol. The highest BCUT2D eigenvalue weighted by atomic mass is 35.5. The molecule has 0 aromatic heterocycles. The fourth-order valence-corrected chi connectivity index (χ4v) is 4.17. The van der Waals surface area contributed by atoms with Crippen LogP contribution in [0.25, 0.3) is 6.08 Å². The van der Waals surface area contributed by atoms with Crippen molar-refractivity contribution >= 4 is 52.2 Å². The zero-order valence-corrected chi connectivity index (χ0v) is 18.7. The van der Waals surface area contributed by atoms with E-state index < -0.39 is 0 Å². The Morgan fingerprint density at radius 2 is 1.93 bits per heavy atom. The number of methoxy groups -OCH3 is 1. The minimum Gasteiger partial charge on any atom is -0.493 e. The van der Waals surface area contributed by atoms with Crippen molar-refractivity contribution in [2.75, 3.05) is 14.2 Å². The average molecular weight is 464 g/mol. The van der Waals surface area contributed by atoms with Crippen LogP contribution in [0.15, 0.2) is 47.9 Å². The van der Waals surface area contributed by atoms with Crippen LogP contribution in [0.5, 0.6) is 11.5 Å². The summed E-state index contributed by atoms with van der Waals surface area (Å²) in [7, 11) is 3.00. The first-order chi connectivity index (χ1) is 14.3. The molecule has 2 amide bonds. The van der Waals surface area contributed by atoms with E-state index in [0.717, 1.165) is 33.4 Å². The number of ether oxygens (including phenoxy) is 2. The van der Waals surface area contributed by atoms with E-state index in [4.69, 9.17) is 32.7 Å². The number of rotatable bonds is 7. The van der Waals surface area contributed by atoms with Crippen LogP contribution >= 0.6 is 35.0 Å². The van der Waals surface area contributed by atoms with Gasteiger partial charge in [-0.1, -0.05) is 35.3 Å². The van der Waals surface area contributed by atoms with Crippen LogP contribution in [0, 0.1) is 0 Å². The second kappa shape index (κ2) is 9.60. The highest BCUT2D eigenvalue weighted by molar-refractivity contribution is 8.18. The van der Waals surface area contributed by atoms with Crippen LogP contribution in [0.1, 0.15) is 16.7 Å². The number of halogens is 2. The molecule has 0 bridgehead atoms. The van der Waals surface area contributed by atoms with Gasteiger partial charge in [-0.05, 0) is 54.1 Å². The number of amides is 2. The van der Waals surface area contributed by atoms with Crippen molar-refractivity contribution in [3.8, 4) is 11.5 Å². The molecule has 0 aliphatic carbocycles. The summed E-state index contributed by atoms with van der Waals surface area (Å²) in [6, 6.07) is 8.85. The minimum atomic E-state index is -0.327. The third-order valence-electron chi connectivity index (χ3n) is 4.41. The van der Waals surface area contributed by atoms with Gasteiger partial charge in [0.05, 0.1) is 12.0 Å². The number of likely N-dealkylation sites (N-methyl/N-ethyl adjacent to an activating group) is 1. The van der Waals surface area contributed by atoms with Crippen molar-refractivity contribution in [2.45, 2.75) is 13.0 Å². The zero-order valence-electron chi connectivity index (χ0n) is 16.4. The Morgan fingerprint density at radius 1 is 1.17 bits per heavy atom. The number of benzene rings is 2. The summed E-state index contributed by atoms with van der Waals surface area (Å²) < 4.78 is 11.6. The molecule has 1 saturated heterocycles. The molecule has 30 heavy (non-hydrogen) atoms. The second-order valence-electron chi connectivity index (χ2n) is 6.47. The van der Waals surface area contributed by atoms with Gasteiger partial charge in [0.1, 0.15) is 6.61 Å². The summed E-state index contributed by atoms with van der Waals surface area (Å²) in [6.07, 6.45) is 3.95. The van der Waals surface area contributed by atoms with E-state index in [1.807, 2.05) is 6.07 Å². The molecule has 1 aliphatic heterocycles. The Hall–Kier alpha value is -2.41. The Kier molecular flexibility index (Phi) is 7.13. The van der Waals surface area contributed by atoms with E-state index in [1.165, 1.54) is 7.05 Å². The van der Waals surface area contributed by atoms with Gasteiger partial charge in [-0.15, -0.1) is 6.58 Å². The Bertz CT molecular complexity index is 1050. The number of nitrogens with zero attached hydrogens (tertiary/aromatic N) is 1. The normalized spacial score (nSPS) is 15.1. The molecular weight excluding hydrogens is 445 g/mol. The molecule has 1 aliphatic rings. The molecule has 156 valence electrons. The summed E-state index contributed by atoms with van der Waals surface area (Å²) in [6.45, 7) is 4.03. The topological polar surface area (TPSA) is 55.8 Å². The molecule has 8 heteroatoms. The Balaban J connectivity index is 1.94. The van der Waals surface area contributed by atoms with Crippen LogP contribution < -0.4 is 9.47 Å². The number of carbonyl (C=O) groups excluding carboxylic acids is 2. The lowest BCUT2D eigenvalue weighted by Crippen LogP contribution is -2.22. The van der Waals surface area contributed by atoms with Crippen molar-refractivity contribution < 1.29 is 19.1 Å². The quantitative estimate of drug-likeness (QED) is 0.373. The van der Waals surface area contributed by atoms with Gasteiger partial charge in [0.15, 0.2) is 11.5 Å². The van der Waals surface area contributed by atoms with Gasteiger partial charge in [-0.2, -0.15) is 0 Å². The molecule has 5 nitrogen and oxygen atoms in total. The molecule has 0 saturated carbocycles. The van der Waals surface area contributed by atoms with E-state index in [2.05, 4.69) is 6.58 Å². The first kappa shape index (κ1) is 22.3. The second-order valence-corrected chi connectivity index (χ2v) is 8.31. The third kappa shape index (κ3) is 4.83. The molecule has 0 N–H and O–H groups in total. The summed E-state index contributed by atoms with van der Waals surface area (Å²) in [5, 5.41) is 0.762. The molecule has 1 fully saturated rings. The van der Waals surface area contributed by atoms with Crippen LogP contribution in [-0.2, 0) is 17.8 Å². The lowest BCUT2D eigenvalue weighted by atomic mass is 10.0. The van der Waals surface area contributed by atoms with E-state index in [-0.39, 0.29) is 17.8 Å². The molecule has 0 radical (unpaired) electrons. The van der Waals surface area contributed by atoms with Gasteiger partial charge in [0.25, 0.3) is 11.1 Å². The number of carbonyl (C=O) groups is 2. The first-order valence-electron chi connectivity index (χ1n) is 8.94. The van der Waals surface area contributed by atoms with Crippen molar-refractivity contribution in [1.29, 1.82) is 0 Å². The van der Waals surface area contributed by atoms with Crippen LogP contribution in [0.3, 0.4) is 0 Å². The molecule has 2 aromatic carbocycles. The van der Waals surface area contributed by atoms with Crippen LogP contribution in [-0.4, -0.2) is 30.2 Å². The number of thioether (sulfide) groups is 1. The molecule has 0 unspecified atom stereocenters. The molecule has 1 heterocycles. The highest BCUT2D eigenvalue weighted by Crippen LogP contribution is 2.37. The summed E-state index contributed by atoms with van der Waals surface area (Å²) >= 11 is 13.1. The maximum absolute atomic E-state index is 12.2. The van der Waals surface area contributed by atoms with E-state index in [9.17, 15) is 9.59 Å². The largest absolute Gasteiger partial charge is 0.493 e. The minimum absolute atomic E-state index is 0.227. The van der Waals surface area contributed by atoms with E-state index >= 15 is 0 Å². The van der Waals surface area contributed by atoms with Crippen molar-refractivity contribution in [2.24, 2.45) is 0 Å². The van der Waals surface area contributed by atoms with Gasteiger partial charge in [-0.3, -0.25) is 14.5 Å². The van der Waals surface area contributed by atoms with Crippen molar-refractivity contribution in [3.05, 3.63) is 74.6 Å². The fraction of sp³-hybridized carbons (Fsp3) is 0.182. The Labute approximate surface area is 189 Å². The monoisotopic (exact) mass is 463 g/mol. The molecule has 2 aromatic rings. The SMILES string of the molecule is C=CCc1cc(/C=C2\SC(=O)N(C)C2=O)cc(OC)c1OCc1ccc(Cl)cc1Cl. The van der Waals surface area contributed by atoms with E-state index in [0.29, 0.717) is 32.9 Å². The number of imide groups is 1. The molecular formula is C22H19Cl2NO4S. The number of hydrogen-bond acceptors (Lipinski definition) is 5.